The number of sulfonamides is 1. The SMILES string of the molecule is O=C(O)c1ccccc1NS(=O)(=O)c1ccc(N/N=C\c2ccc(C(F)(F)F)cc2)c([N+](=O)[O-])c1. The number of para-hydroxylation sites is 1. The van der Waals surface area contributed by atoms with Crippen LogP contribution in [0.5, 0.6) is 0 Å². The lowest BCUT2D eigenvalue weighted by Crippen LogP contribution is -2.16. The molecular formula is C21H15F3N4O6S. The van der Waals surface area contributed by atoms with E-state index in [1.54, 1.807) is 0 Å². The molecule has 0 fully saturated rings. The maximum Gasteiger partial charge on any atom is 0.416 e. The number of rotatable bonds is 8. The highest BCUT2D eigenvalue weighted by Gasteiger charge is 2.29. The van der Waals surface area contributed by atoms with Crippen LogP contribution in [0.15, 0.2) is 76.7 Å². The summed E-state index contributed by atoms with van der Waals surface area (Å²) < 4.78 is 65.4. The van der Waals surface area contributed by atoms with Crippen molar-refractivity contribution in [2.45, 2.75) is 11.1 Å². The zero-order chi connectivity index (χ0) is 25.8. The van der Waals surface area contributed by atoms with Crippen LogP contribution in [-0.4, -0.2) is 30.6 Å². The van der Waals surface area contributed by atoms with Gasteiger partial charge in [-0.25, -0.2) is 13.2 Å². The molecule has 3 N–H and O–H groups in total. The quantitative estimate of drug-likeness (QED) is 0.229. The molecule has 0 amide bonds. The summed E-state index contributed by atoms with van der Waals surface area (Å²) in [5.74, 6) is -1.38. The van der Waals surface area contributed by atoms with Gasteiger partial charge in [0, 0.05) is 6.07 Å². The Kier molecular flexibility index (Phi) is 7.05. The molecule has 0 aliphatic carbocycles. The minimum Gasteiger partial charge on any atom is -0.478 e. The Labute approximate surface area is 195 Å². The van der Waals surface area contributed by atoms with Gasteiger partial charge in [0.1, 0.15) is 5.69 Å². The predicted molar refractivity (Wildman–Crippen MR) is 120 cm³/mol. The number of hydrogen-bond acceptors (Lipinski definition) is 7. The van der Waals surface area contributed by atoms with Crippen molar-refractivity contribution in [1.29, 1.82) is 0 Å². The topological polar surface area (TPSA) is 151 Å². The zero-order valence-corrected chi connectivity index (χ0v) is 18.2. The average molecular weight is 508 g/mol. The molecule has 3 aromatic carbocycles. The van der Waals surface area contributed by atoms with Crippen LogP contribution in [0.3, 0.4) is 0 Å². The number of carbonyl (C=O) groups is 1. The molecule has 0 aliphatic heterocycles. The van der Waals surface area contributed by atoms with Crippen LogP contribution in [0.2, 0.25) is 0 Å². The molecule has 0 bridgehead atoms. The maximum atomic E-state index is 12.7. The number of alkyl halides is 3. The number of benzene rings is 3. The number of nitrogens with one attached hydrogen (secondary N) is 2. The van der Waals surface area contributed by atoms with E-state index in [0.717, 1.165) is 48.7 Å². The summed E-state index contributed by atoms with van der Waals surface area (Å²) in [4.78, 5) is 21.4. The summed E-state index contributed by atoms with van der Waals surface area (Å²) in [6.07, 6.45) is -3.37. The summed E-state index contributed by atoms with van der Waals surface area (Å²) in [6, 6.07) is 12.1. The van der Waals surface area contributed by atoms with E-state index in [2.05, 4.69) is 15.2 Å². The van der Waals surface area contributed by atoms with E-state index in [-0.39, 0.29) is 22.5 Å². The van der Waals surface area contributed by atoms with Crippen LogP contribution >= 0.6 is 0 Å². The lowest BCUT2D eigenvalue weighted by atomic mass is 10.1. The van der Waals surface area contributed by atoms with Crippen molar-refractivity contribution in [2.75, 3.05) is 10.1 Å². The molecule has 0 saturated heterocycles. The lowest BCUT2D eigenvalue weighted by molar-refractivity contribution is -0.384. The number of anilines is 2. The highest BCUT2D eigenvalue weighted by Crippen LogP contribution is 2.30. The fourth-order valence-electron chi connectivity index (χ4n) is 2.82. The standard InChI is InChI=1S/C21H15F3N4O6S/c22-21(23,24)14-7-5-13(6-8-14)12-25-26-18-10-9-15(11-19(18)28(31)32)35(33,34)27-17-4-2-1-3-16(17)20(29)30/h1-12,26-27H,(H,29,30)/b25-12-. The smallest absolute Gasteiger partial charge is 0.416 e. The zero-order valence-electron chi connectivity index (χ0n) is 17.4. The van der Waals surface area contributed by atoms with Gasteiger partial charge >= 0.3 is 12.1 Å². The van der Waals surface area contributed by atoms with E-state index in [0.29, 0.717) is 0 Å². The molecule has 3 rings (SSSR count). The second-order valence-electron chi connectivity index (χ2n) is 6.88. The largest absolute Gasteiger partial charge is 0.478 e. The van der Waals surface area contributed by atoms with Crippen molar-refractivity contribution in [3.8, 4) is 0 Å². The minimum absolute atomic E-state index is 0.192. The molecule has 0 spiro atoms. The van der Waals surface area contributed by atoms with E-state index in [9.17, 15) is 41.6 Å². The Balaban J connectivity index is 1.83. The van der Waals surface area contributed by atoms with Crippen LogP contribution < -0.4 is 10.1 Å². The first-order valence-electron chi connectivity index (χ1n) is 9.48. The van der Waals surface area contributed by atoms with Gasteiger partial charge in [0.05, 0.1) is 32.8 Å². The molecule has 14 heteroatoms. The van der Waals surface area contributed by atoms with E-state index < -0.39 is 43.2 Å². The minimum atomic E-state index is -4.50. The van der Waals surface area contributed by atoms with Gasteiger partial charge in [0.25, 0.3) is 15.7 Å². The third kappa shape index (κ3) is 6.11. The molecule has 182 valence electrons. The molecule has 3 aromatic rings. The molecule has 0 heterocycles. The van der Waals surface area contributed by atoms with Crippen molar-refractivity contribution >= 4 is 39.3 Å². The normalized spacial score (nSPS) is 11.9. The van der Waals surface area contributed by atoms with Gasteiger partial charge in [-0.3, -0.25) is 20.3 Å². The fraction of sp³-hybridized carbons (Fsp3) is 0.0476. The first kappa shape index (κ1) is 25.2. The number of nitro benzene ring substituents is 1. The number of aromatic carboxylic acids is 1. The second kappa shape index (κ2) is 9.80. The summed E-state index contributed by atoms with van der Waals surface area (Å²) >= 11 is 0. The molecular weight excluding hydrogens is 493 g/mol. The first-order chi connectivity index (χ1) is 16.4. The first-order valence-corrected chi connectivity index (χ1v) is 11.0. The number of nitrogens with zero attached hydrogens (tertiary/aromatic N) is 2. The molecule has 35 heavy (non-hydrogen) atoms. The van der Waals surface area contributed by atoms with Gasteiger partial charge in [0.15, 0.2) is 0 Å². The molecule has 0 unspecified atom stereocenters. The monoisotopic (exact) mass is 508 g/mol. The average Bonchev–Trinajstić information content (AvgIpc) is 2.78. The summed E-state index contributed by atoms with van der Waals surface area (Å²) in [6.45, 7) is 0. The van der Waals surface area contributed by atoms with Crippen molar-refractivity contribution in [3.63, 3.8) is 0 Å². The Morgan fingerprint density at radius 2 is 1.69 bits per heavy atom. The summed E-state index contributed by atoms with van der Waals surface area (Å²) in [5.41, 5.74) is 0.369. The van der Waals surface area contributed by atoms with Gasteiger partial charge in [0.2, 0.25) is 0 Å². The van der Waals surface area contributed by atoms with Crippen molar-refractivity contribution in [2.24, 2.45) is 5.10 Å². The van der Waals surface area contributed by atoms with E-state index >= 15 is 0 Å². The van der Waals surface area contributed by atoms with Crippen molar-refractivity contribution in [3.05, 3.63) is 93.5 Å². The Hall–Kier alpha value is -4.46. The number of halogens is 3. The Morgan fingerprint density at radius 1 is 1.03 bits per heavy atom. The maximum absolute atomic E-state index is 12.7. The fourth-order valence-corrected chi connectivity index (χ4v) is 3.92. The van der Waals surface area contributed by atoms with Crippen LogP contribution in [0.1, 0.15) is 21.5 Å². The van der Waals surface area contributed by atoms with Gasteiger partial charge in [-0.2, -0.15) is 18.3 Å². The van der Waals surface area contributed by atoms with E-state index in [1.807, 2.05) is 0 Å². The Morgan fingerprint density at radius 3 is 2.29 bits per heavy atom. The molecule has 0 atom stereocenters. The van der Waals surface area contributed by atoms with Crippen LogP contribution in [0, 0.1) is 10.1 Å². The Bertz CT molecular complexity index is 1410. The highest BCUT2D eigenvalue weighted by molar-refractivity contribution is 7.92. The van der Waals surface area contributed by atoms with Gasteiger partial charge in [-0.15, -0.1) is 0 Å². The van der Waals surface area contributed by atoms with E-state index in [4.69, 9.17) is 0 Å². The van der Waals surface area contributed by atoms with Crippen LogP contribution in [0.4, 0.5) is 30.2 Å². The van der Waals surface area contributed by atoms with Crippen LogP contribution in [0.25, 0.3) is 0 Å². The number of hydrazone groups is 1. The molecule has 0 radical (unpaired) electrons. The number of carboxylic acid groups (broad SMARTS) is 1. The third-order valence-electron chi connectivity index (χ3n) is 4.51. The third-order valence-corrected chi connectivity index (χ3v) is 5.88. The number of hydrogen-bond donors (Lipinski definition) is 3. The number of carboxylic acids is 1. The summed E-state index contributed by atoms with van der Waals surface area (Å²) in [7, 11) is -4.40. The molecule has 0 aliphatic rings. The second-order valence-corrected chi connectivity index (χ2v) is 8.56. The molecule has 10 nitrogen and oxygen atoms in total. The number of nitro groups is 1. The van der Waals surface area contributed by atoms with E-state index in [1.165, 1.54) is 24.3 Å². The van der Waals surface area contributed by atoms with Gasteiger partial charge in [-0.05, 0) is 42.0 Å². The van der Waals surface area contributed by atoms with Crippen LogP contribution in [-0.2, 0) is 16.2 Å². The molecule has 0 aromatic heterocycles. The van der Waals surface area contributed by atoms with Crippen molar-refractivity contribution < 1.29 is 36.4 Å². The summed E-state index contributed by atoms with van der Waals surface area (Å²) in [5, 5.41) is 24.4. The predicted octanol–water partition coefficient (Wildman–Crippen LogP) is 4.56. The molecule has 0 saturated carbocycles. The van der Waals surface area contributed by atoms with Gasteiger partial charge < -0.3 is 5.11 Å². The highest BCUT2D eigenvalue weighted by atomic mass is 32.2. The van der Waals surface area contributed by atoms with Gasteiger partial charge in [-0.1, -0.05) is 24.3 Å². The van der Waals surface area contributed by atoms with Crippen molar-refractivity contribution in [1.82, 2.24) is 0 Å². The lowest BCUT2D eigenvalue weighted by Gasteiger charge is -2.11.